The van der Waals surface area contributed by atoms with Gasteiger partial charge in [0.25, 0.3) is 5.91 Å². The Bertz CT molecular complexity index is 1050. The highest BCUT2D eigenvalue weighted by molar-refractivity contribution is 6.00. The van der Waals surface area contributed by atoms with Gasteiger partial charge in [0.05, 0.1) is 5.39 Å². The number of pyridine rings is 1. The van der Waals surface area contributed by atoms with Crippen LogP contribution in [0.3, 0.4) is 0 Å². The lowest BCUT2D eigenvalue weighted by Crippen LogP contribution is -2.22. The van der Waals surface area contributed by atoms with Gasteiger partial charge in [-0.2, -0.15) is 0 Å². The van der Waals surface area contributed by atoms with Crippen LogP contribution in [0.15, 0.2) is 71.5 Å². The Morgan fingerprint density at radius 2 is 1.96 bits per heavy atom. The summed E-state index contributed by atoms with van der Waals surface area (Å²) < 4.78 is 5.52. The van der Waals surface area contributed by atoms with E-state index in [0.29, 0.717) is 17.9 Å². The van der Waals surface area contributed by atoms with Gasteiger partial charge < -0.3 is 9.84 Å². The predicted octanol–water partition coefficient (Wildman–Crippen LogP) is 4.13. The van der Waals surface area contributed by atoms with E-state index in [-0.39, 0.29) is 5.91 Å². The van der Waals surface area contributed by atoms with Crippen LogP contribution < -0.4 is 5.32 Å². The highest BCUT2D eigenvalue weighted by atomic mass is 16.5. The van der Waals surface area contributed by atoms with Crippen LogP contribution in [0.1, 0.15) is 21.5 Å². The Balaban J connectivity index is 1.61. The highest BCUT2D eigenvalue weighted by Crippen LogP contribution is 2.29. The summed E-state index contributed by atoms with van der Waals surface area (Å²) in [5, 5.41) is 7.83. The second-order valence-electron chi connectivity index (χ2n) is 6.15. The Morgan fingerprint density at radius 1 is 1.12 bits per heavy atom. The molecule has 2 heterocycles. The lowest BCUT2D eigenvalue weighted by molar-refractivity contribution is 0.0951. The topological polar surface area (TPSA) is 68.0 Å². The number of carbonyl (C=O) groups excluding carboxylic acids is 1. The number of carbonyl (C=O) groups is 1. The van der Waals surface area contributed by atoms with Gasteiger partial charge in [-0.05, 0) is 36.8 Å². The van der Waals surface area contributed by atoms with Crippen molar-refractivity contribution in [3.8, 4) is 11.3 Å². The molecule has 2 aromatic carbocycles. The lowest BCUT2D eigenvalue weighted by atomic mass is 10.0. The molecule has 1 N–H and O–H groups in total. The minimum Gasteiger partial charge on any atom is -0.355 e. The van der Waals surface area contributed by atoms with Crippen LogP contribution in [0.4, 0.5) is 0 Å². The van der Waals surface area contributed by atoms with Crippen LogP contribution in [-0.2, 0) is 6.54 Å². The summed E-state index contributed by atoms with van der Waals surface area (Å²) >= 11 is 0. The van der Waals surface area contributed by atoms with Crippen molar-refractivity contribution < 1.29 is 9.32 Å². The van der Waals surface area contributed by atoms with Gasteiger partial charge in [-0.25, -0.2) is 0 Å². The maximum Gasteiger partial charge on any atom is 0.251 e. The molecule has 0 radical (unpaired) electrons. The van der Waals surface area contributed by atoms with E-state index in [1.807, 2.05) is 49.4 Å². The summed E-state index contributed by atoms with van der Waals surface area (Å²) in [4.78, 5) is 16.5. The second-order valence-corrected chi connectivity index (χ2v) is 6.15. The van der Waals surface area contributed by atoms with Crippen molar-refractivity contribution in [1.29, 1.82) is 0 Å². The summed E-state index contributed by atoms with van der Waals surface area (Å²) in [5.74, 6) is 0.522. The van der Waals surface area contributed by atoms with Gasteiger partial charge in [-0.15, -0.1) is 0 Å². The molecule has 2 aromatic heterocycles. The van der Waals surface area contributed by atoms with E-state index in [1.54, 1.807) is 24.5 Å². The van der Waals surface area contributed by atoms with Crippen molar-refractivity contribution in [2.75, 3.05) is 0 Å². The van der Waals surface area contributed by atoms with E-state index < -0.39 is 0 Å². The van der Waals surface area contributed by atoms with E-state index >= 15 is 0 Å². The Hall–Kier alpha value is -3.47. The molecule has 0 fully saturated rings. The molecular formula is C21H17N3O2. The number of aromatic nitrogens is 2. The first-order valence-electron chi connectivity index (χ1n) is 8.34. The number of hydrogen-bond donors (Lipinski definition) is 1. The van der Waals surface area contributed by atoms with Crippen LogP contribution in [0.25, 0.3) is 22.2 Å². The Morgan fingerprint density at radius 3 is 2.73 bits per heavy atom. The fourth-order valence-corrected chi connectivity index (χ4v) is 2.78. The normalized spacial score (nSPS) is 10.8. The van der Waals surface area contributed by atoms with Gasteiger partial charge in [-0.3, -0.25) is 9.78 Å². The molecule has 0 saturated carbocycles. The molecule has 0 bridgehead atoms. The first kappa shape index (κ1) is 16.0. The van der Waals surface area contributed by atoms with Crippen LogP contribution in [0.2, 0.25) is 0 Å². The summed E-state index contributed by atoms with van der Waals surface area (Å²) in [6.45, 7) is 2.46. The maximum absolute atomic E-state index is 12.5. The zero-order valence-electron chi connectivity index (χ0n) is 14.3. The van der Waals surface area contributed by atoms with Gasteiger partial charge in [-0.1, -0.05) is 41.1 Å². The highest BCUT2D eigenvalue weighted by Gasteiger charge is 2.14. The molecule has 0 spiro atoms. The molecule has 0 unspecified atom stereocenters. The average molecular weight is 343 g/mol. The third-order valence-corrected chi connectivity index (χ3v) is 4.23. The molecule has 4 aromatic rings. The smallest absolute Gasteiger partial charge is 0.251 e. The fourth-order valence-electron chi connectivity index (χ4n) is 2.78. The number of aryl methyl sites for hydroxylation is 1. The van der Waals surface area contributed by atoms with Crippen LogP contribution in [-0.4, -0.2) is 16.0 Å². The van der Waals surface area contributed by atoms with E-state index in [2.05, 4.69) is 15.5 Å². The molecule has 128 valence electrons. The molecule has 0 aliphatic heterocycles. The Kier molecular flexibility index (Phi) is 4.19. The van der Waals surface area contributed by atoms with E-state index in [4.69, 9.17) is 4.52 Å². The summed E-state index contributed by atoms with van der Waals surface area (Å²) in [6.07, 6.45) is 3.44. The molecule has 0 aliphatic rings. The van der Waals surface area contributed by atoms with Crippen LogP contribution >= 0.6 is 0 Å². The number of amides is 1. The zero-order chi connectivity index (χ0) is 17.9. The van der Waals surface area contributed by atoms with Gasteiger partial charge in [0, 0.05) is 30.1 Å². The third-order valence-electron chi connectivity index (χ3n) is 4.23. The standard InChI is InChI=1S/C21H17N3O2/c1-14-4-6-16(7-5-14)20-18-11-17(8-9-19(18)24-26-20)21(25)23-13-15-3-2-10-22-12-15/h2-12H,13H2,1H3,(H,23,25). The van der Waals surface area contributed by atoms with Gasteiger partial charge in [0.2, 0.25) is 0 Å². The molecule has 0 atom stereocenters. The number of nitrogens with zero attached hydrogens (tertiary/aromatic N) is 2. The fraction of sp³-hybridized carbons (Fsp3) is 0.0952. The van der Waals surface area contributed by atoms with E-state index in [0.717, 1.165) is 22.0 Å². The molecule has 0 saturated heterocycles. The largest absolute Gasteiger partial charge is 0.355 e. The molecule has 4 rings (SSSR count). The molecular weight excluding hydrogens is 326 g/mol. The molecule has 26 heavy (non-hydrogen) atoms. The summed E-state index contributed by atoms with van der Waals surface area (Å²) in [5.41, 5.74) is 4.36. The molecule has 5 nitrogen and oxygen atoms in total. The van der Waals surface area contributed by atoms with Crippen molar-refractivity contribution in [2.45, 2.75) is 13.5 Å². The maximum atomic E-state index is 12.5. The van der Waals surface area contributed by atoms with Crippen LogP contribution in [0.5, 0.6) is 0 Å². The van der Waals surface area contributed by atoms with Crippen LogP contribution in [0, 0.1) is 6.92 Å². The number of fused-ring (bicyclic) bond motifs is 1. The molecule has 1 amide bonds. The number of hydrogen-bond acceptors (Lipinski definition) is 4. The first-order valence-corrected chi connectivity index (χ1v) is 8.34. The Labute approximate surface area is 150 Å². The number of nitrogens with one attached hydrogen (secondary N) is 1. The molecule has 0 aliphatic carbocycles. The monoisotopic (exact) mass is 343 g/mol. The summed E-state index contributed by atoms with van der Waals surface area (Å²) in [6, 6.07) is 17.2. The minimum absolute atomic E-state index is 0.146. The third kappa shape index (κ3) is 3.19. The van der Waals surface area contributed by atoms with E-state index in [9.17, 15) is 4.79 Å². The first-order chi connectivity index (χ1) is 12.7. The summed E-state index contributed by atoms with van der Waals surface area (Å²) in [7, 11) is 0. The van der Waals surface area contributed by atoms with Crippen molar-refractivity contribution in [2.24, 2.45) is 0 Å². The van der Waals surface area contributed by atoms with Gasteiger partial charge >= 0.3 is 0 Å². The molecule has 5 heteroatoms. The van der Waals surface area contributed by atoms with Gasteiger partial charge in [0.15, 0.2) is 5.76 Å². The second kappa shape index (κ2) is 6.80. The zero-order valence-corrected chi connectivity index (χ0v) is 14.3. The number of benzene rings is 2. The predicted molar refractivity (Wildman–Crippen MR) is 99.6 cm³/mol. The lowest BCUT2D eigenvalue weighted by Gasteiger charge is -2.05. The quantitative estimate of drug-likeness (QED) is 0.605. The van der Waals surface area contributed by atoms with E-state index in [1.165, 1.54) is 5.56 Å². The number of rotatable bonds is 4. The van der Waals surface area contributed by atoms with Crippen molar-refractivity contribution in [1.82, 2.24) is 15.5 Å². The van der Waals surface area contributed by atoms with Crippen molar-refractivity contribution in [3.05, 3.63) is 83.7 Å². The SMILES string of the molecule is Cc1ccc(-c2onc3ccc(C(=O)NCc4cccnc4)cc23)cc1. The average Bonchev–Trinajstić information content (AvgIpc) is 3.11. The van der Waals surface area contributed by atoms with Gasteiger partial charge in [0.1, 0.15) is 5.52 Å². The van der Waals surface area contributed by atoms with Crippen molar-refractivity contribution >= 4 is 16.8 Å². The van der Waals surface area contributed by atoms with Crippen molar-refractivity contribution in [3.63, 3.8) is 0 Å². The minimum atomic E-state index is -0.146.